The van der Waals surface area contributed by atoms with E-state index in [1.807, 2.05) is 18.7 Å². The topological polar surface area (TPSA) is 117 Å². The Morgan fingerprint density at radius 1 is 0.946 bits per heavy atom. The van der Waals surface area contributed by atoms with Crippen LogP contribution in [-0.2, 0) is 42.7 Å². The fourth-order valence-corrected chi connectivity index (χ4v) is 4.18. The Bertz CT molecular complexity index is 1100. The molecule has 0 radical (unpaired) electrons. The van der Waals surface area contributed by atoms with Gasteiger partial charge in [-0.1, -0.05) is 6.58 Å². The number of halogens is 10. The van der Waals surface area contributed by atoms with E-state index >= 15 is 0 Å². The first-order chi connectivity index (χ1) is 16.3. The van der Waals surface area contributed by atoms with Gasteiger partial charge in [-0.3, -0.25) is 0 Å². The molecule has 0 aliphatic rings. The van der Waals surface area contributed by atoms with Crippen LogP contribution in [0.4, 0.5) is 43.9 Å². The second-order valence-corrected chi connectivity index (χ2v) is 10.3. The summed E-state index contributed by atoms with van der Waals surface area (Å²) in [6, 6.07) is 0. The van der Waals surface area contributed by atoms with E-state index in [9.17, 15) is 65.5 Å². The number of aromatic nitrogens is 2. The molecule has 1 rings (SSSR count). The van der Waals surface area contributed by atoms with Crippen molar-refractivity contribution in [1.82, 2.24) is 4.57 Å². The van der Waals surface area contributed by atoms with Crippen molar-refractivity contribution < 1.29 is 74.8 Å². The summed E-state index contributed by atoms with van der Waals surface area (Å²) in [5.74, 6) is -0.309. The third-order valence-corrected chi connectivity index (χ3v) is 7.09. The van der Waals surface area contributed by atoms with E-state index in [0.29, 0.717) is 16.3 Å². The van der Waals surface area contributed by atoms with Crippen LogP contribution in [0.25, 0.3) is 4.13 Å². The molecular weight excluding hydrogens is 584 g/mol. The first kappa shape index (κ1) is 34.6. The standard InChI is InChI=1S/C12H19N2O2.C4F10NO4S2/c1-4-13-7-8-14(10-13)6-5-9-16-12(15)11(2)3;5-1(6,7)3(11,12)20(16,17)15-21(18,19)4(13,14)2(8,9)10/h7-8,10H,2,4-6,9H2,1,3H3;/q+1;-1. The molecule has 1 aromatic rings. The highest BCUT2D eigenvalue weighted by Gasteiger charge is 2.68. The highest BCUT2D eigenvalue weighted by Crippen LogP contribution is 2.47. The van der Waals surface area contributed by atoms with Gasteiger partial charge in [0.25, 0.3) is 0 Å². The molecule has 0 aromatic carbocycles. The second-order valence-electron chi connectivity index (χ2n) is 6.81. The lowest BCUT2D eigenvalue weighted by atomic mass is 10.3. The Morgan fingerprint density at radius 2 is 1.38 bits per heavy atom. The molecule has 0 saturated carbocycles. The van der Waals surface area contributed by atoms with Crippen LogP contribution in [0.15, 0.2) is 30.9 Å². The Hall–Kier alpha value is -2.42. The molecule has 1 aromatic heterocycles. The number of aryl methyl sites for hydroxylation is 2. The van der Waals surface area contributed by atoms with Crippen LogP contribution in [-0.4, -0.2) is 56.8 Å². The van der Waals surface area contributed by atoms with E-state index in [0.717, 1.165) is 19.5 Å². The molecule has 21 heteroatoms. The van der Waals surface area contributed by atoms with Crippen LogP contribution in [0.3, 0.4) is 0 Å². The molecule has 0 unspecified atom stereocenters. The minimum Gasteiger partial charge on any atom is -0.462 e. The van der Waals surface area contributed by atoms with Gasteiger partial charge in [0.05, 0.1) is 19.7 Å². The molecular formula is C16H19F10N3O6S2. The minimum atomic E-state index is -7.62. The molecule has 0 N–H and O–H groups in total. The summed E-state index contributed by atoms with van der Waals surface area (Å²) in [6.07, 6.45) is -7.10. The van der Waals surface area contributed by atoms with Crippen molar-refractivity contribution in [3.05, 3.63) is 35.0 Å². The molecule has 0 amide bonds. The van der Waals surface area contributed by atoms with Gasteiger partial charge in [0.15, 0.2) is 20.0 Å². The zero-order chi connectivity index (χ0) is 29.7. The van der Waals surface area contributed by atoms with Gasteiger partial charge in [-0.15, -0.1) is 0 Å². The van der Waals surface area contributed by atoms with Crippen LogP contribution in [0, 0.1) is 0 Å². The van der Waals surface area contributed by atoms with Crippen molar-refractivity contribution in [3.8, 4) is 0 Å². The van der Waals surface area contributed by atoms with Gasteiger partial charge >= 0.3 is 28.8 Å². The molecule has 1 heterocycles. The zero-order valence-corrected chi connectivity index (χ0v) is 20.3. The van der Waals surface area contributed by atoms with Crippen molar-refractivity contribution in [1.29, 1.82) is 0 Å². The maximum absolute atomic E-state index is 12.3. The maximum Gasteiger partial charge on any atom is 0.467 e. The van der Waals surface area contributed by atoms with Crippen LogP contribution >= 0.6 is 0 Å². The van der Waals surface area contributed by atoms with Gasteiger partial charge in [0, 0.05) is 12.0 Å². The molecule has 0 saturated heterocycles. The third kappa shape index (κ3) is 8.83. The van der Waals surface area contributed by atoms with Gasteiger partial charge in [0.1, 0.15) is 12.4 Å². The second kappa shape index (κ2) is 12.0. The van der Waals surface area contributed by atoms with Crippen molar-refractivity contribution in [2.24, 2.45) is 0 Å². The van der Waals surface area contributed by atoms with Crippen LogP contribution < -0.4 is 4.57 Å². The maximum atomic E-state index is 12.3. The predicted octanol–water partition coefficient (Wildman–Crippen LogP) is 3.63. The summed E-state index contributed by atoms with van der Waals surface area (Å²) < 4.78 is 170. The molecule has 0 aliphatic heterocycles. The molecule has 216 valence electrons. The van der Waals surface area contributed by atoms with Crippen LogP contribution in [0.2, 0.25) is 0 Å². The average Bonchev–Trinajstić information content (AvgIpc) is 3.16. The number of nitrogens with zero attached hydrogens (tertiary/aromatic N) is 3. The summed E-state index contributed by atoms with van der Waals surface area (Å²) >= 11 is 0. The van der Waals surface area contributed by atoms with Crippen LogP contribution in [0.5, 0.6) is 0 Å². The summed E-state index contributed by atoms with van der Waals surface area (Å²) in [6.45, 7) is 9.54. The first-order valence-corrected chi connectivity index (χ1v) is 12.2. The van der Waals surface area contributed by atoms with E-state index in [-0.39, 0.29) is 5.97 Å². The summed E-state index contributed by atoms with van der Waals surface area (Å²) in [5.41, 5.74) is 0.449. The number of ether oxygens (including phenoxy) is 1. The Kier molecular flexibility index (Phi) is 11.2. The smallest absolute Gasteiger partial charge is 0.462 e. The van der Waals surface area contributed by atoms with E-state index in [2.05, 4.69) is 22.6 Å². The number of carbonyl (C=O) groups excluding carboxylic acids is 1. The Labute approximate surface area is 203 Å². The van der Waals surface area contributed by atoms with Crippen molar-refractivity contribution in [3.63, 3.8) is 0 Å². The molecule has 9 nitrogen and oxygen atoms in total. The molecule has 0 atom stereocenters. The number of imidazole rings is 1. The number of esters is 1. The van der Waals surface area contributed by atoms with Crippen molar-refractivity contribution in [2.75, 3.05) is 6.61 Å². The summed E-state index contributed by atoms with van der Waals surface area (Å²) in [4.78, 5) is 11.1. The monoisotopic (exact) mass is 603 g/mol. The van der Waals surface area contributed by atoms with E-state index < -0.39 is 42.9 Å². The third-order valence-electron chi connectivity index (χ3n) is 3.76. The largest absolute Gasteiger partial charge is 0.467 e. The Morgan fingerprint density at radius 3 is 1.70 bits per heavy atom. The minimum absolute atomic E-state index is 0.309. The summed E-state index contributed by atoms with van der Waals surface area (Å²) in [5, 5.41) is -14.0. The highest BCUT2D eigenvalue weighted by atomic mass is 32.3. The Balaban J connectivity index is 0.000000724. The quantitative estimate of drug-likeness (QED) is 0.133. The molecule has 0 spiro atoms. The number of carbonyl (C=O) groups is 1. The van der Waals surface area contributed by atoms with Gasteiger partial charge in [-0.05, 0) is 13.8 Å². The van der Waals surface area contributed by atoms with E-state index in [1.165, 1.54) is 0 Å². The number of rotatable bonds is 10. The highest BCUT2D eigenvalue weighted by molar-refractivity contribution is 8.13. The number of alkyl halides is 10. The van der Waals surface area contributed by atoms with E-state index in [4.69, 9.17) is 4.74 Å². The van der Waals surface area contributed by atoms with Gasteiger partial charge in [-0.2, -0.15) is 43.9 Å². The van der Waals surface area contributed by atoms with Crippen molar-refractivity contribution >= 4 is 26.0 Å². The van der Waals surface area contributed by atoms with Crippen LogP contribution in [0.1, 0.15) is 20.3 Å². The molecule has 0 fully saturated rings. The lowest BCUT2D eigenvalue weighted by Gasteiger charge is -2.31. The van der Waals surface area contributed by atoms with Crippen molar-refractivity contribution in [2.45, 2.75) is 56.2 Å². The summed E-state index contributed by atoms with van der Waals surface area (Å²) in [7, 11) is -15.2. The normalized spacial score (nSPS) is 13.5. The number of sulfonamides is 2. The number of hydrogen-bond acceptors (Lipinski definition) is 6. The predicted molar refractivity (Wildman–Crippen MR) is 104 cm³/mol. The average molecular weight is 603 g/mol. The van der Waals surface area contributed by atoms with Gasteiger partial charge in [-0.25, -0.2) is 30.8 Å². The lowest BCUT2D eigenvalue weighted by Crippen LogP contribution is -2.48. The molecule has 37 heavy (non-hydrogen) atoms. The first-order valence-electron chi connectivity index (χ1n) is 9.34. The van der Waals surface area contributed by atoms with E-state index in [1.54, 1.807) is 6.92 Å². The van der Waals surface area contributed by atoms with Gasteiger partial charge < -0.3 is 8.86 Å². The SMILES string of the molecule is C=C(C)C(=O)OCCC[n+]1ccn(CC)c1.O=S(=O)([N-]S(=O)(=O)C(F)(F)C(F)(F)F)C(F)(F)C(F)(F)F. The van der Waals surface area contributed by atoms with Gasteiger partial charge in [0.2, 0.25) is 6.33 Å². The molecule has 0 aliphatic carbocycles. The molecule has 0 bridgehead atoms. The number of hydrogen-bond donors (Lipinski definition) is 0. The zero-order valence-electron chi connectivity index (χ0n) is 18.7. The fraction of sp³-hybridized carbons (Fsp3) is 0.625. The fourth-order valence-electron chi connectivity index (χ4n) is 1.81. The lowest BCUT2D eigenvalue weighted by molar-refractivity contribution is -0.697.